The van der Waals surface area contributed by atoms with E-state index < -0.39 is 0 Å². The molecule has 2 nitrogen and oxygen atoms in total. The summed E-state index contributed by atoms with van der Waals surface area (Å²) in [4.78, 5) is 0. The molecule has 84 valence electrons. The van der Waals surface area contributed by atoms with Gasteiger partial charge in [-0.2, -0.15) is 0 Å². The number of ether oxygens (including phenoxy) is 1. The van der Waals surface area contributed by atoms with Gasteiger partial charge in [-0.15, -0.1) is 0 Å². The zero-order chi connectivity index (χ0) is 10.4. The molecule has 0 aromatic rings. The van der Waals surface area contributed by atoms with E-state index in [4.69, 9.17) is 4.74 Å². The summed E-state index contributed by atoms with van der Waals surface area (Å²) in [5, 5.41) is 3.58. The van der Waals surface area contributed by atoms with Crippen LogP contribution in [0.5, 0.6) is 0 Å². The smallest absolute Gasteiger partial charge is 0.119 e. The molecular weight excluding hydrogens is 174 g/mol. The Labute approximate surface area is 88.4 Å². The molecule has 1 unspecified atom stereocenters. The van der Waals surface area contributed by atoms with Crippen molar-refractivity contribution < 1.29 is 4.74 Å². The summed E-state index contributed by atoms with van der Waals surface area (Å²) in [6.07, 6.45) is 7.50. The van der Waals surface area contributed by atoms with Gasteiger partial charge in [0.2, 0.25) is 0 Å². The van der Waals surface area contributed by atoms with Crippen LogP contribution in [0.15, 0.2) is 0 Å². The molecule has 0 aromatic heterocycles. The first-order valence-electron chi connectivity index (χ1n) is 6.19. The number of nitrogens with one attached hydrogen (secondary N) is 1. The van der Waals surface area contributed by atoms with Crippen molar-refractivity contribution in [3.63, 3.8) is 0 Å². The number of hydrogen-bond donors (Lipinski definition) is 1. The van der Waals surface area contributed by atoms with E-state index in [1.165, 1.54) is 19.3 Å². The minimum Gasteiger partial charge on any atom is -0.357 e. The predicted molar refractivity (Wildman–Crippen MR) is 60.3 cm³/mol. The molecule has 14 heavy (non-hydrogen) atoms. The Morgan fingerprint density at radius 1 is 1.21 bits per heavy atom. The van der Waals surface area contributed by atoms with Gasteiger partial charge < -0.3 is 4.74 Å². The molecule has 0 aromatic carbocycles. The van der Waals surface area contributed by atoms with E-state index in [0.29, 0.717) is 6.10 Å². The van der Waals surface area contributed by atoms with Gasteiger partial charge in [-0.25, -0.2) is 0 Å². The van der Waals surface area contributed by atoms with Crippen LogP contribution >= 0.6 is 0 Å². The van der Waals surface area contributed by atoms with Gasteiger partial charge in [0.1, 0.15) is 5.72 Å². The second-order valence-electron chi connectivity index (χ2n) is 4.36. The molecule has 0 saturated carbocycles. The van der Waals surface area contributed by atoms with Gasteiger partial charge >= 0.3 is 0 Å². The Morgan fingerprint density at radius 3 is 2.36 bits per heavy atom. The van der Waals surface area contributed by atoms with E-state index in [1.807, 2.05) is 0 Å². The Bertz CT molecular complexity index is 147. The van der Waals surface area contributed by atoms with E-state index >= 15 is 0 Å². The van der Waals surface area contributed by atoms with Crippen LogP contribution in [0.1, 0.15) is 59.3 Å². The average molecular weight is 199 g/mol. The third-order valence-electron chi connectivity index (χ3n) is 3.07. The fraction of sp³-hybridized carbons (Fsp3) is 1.00. The van der Waals surface area contributed by atoms with E-state index in [1.54, 1.807) is 0 Å². The van der Waals surface area contributed by atoms with Crippen LogP contribution in [0, 0.1) is 0 Å². The first-order valence-corrected chi connectivity index (χ1v) is 6.19. The highest BCUT2D eigenvalue weighted by molar-refractivity contribution is 4.83. The highest BCUT2D eigenvalue weighted by atomic mass is 16.5. The number of hydrogen-bond acceptors (Lipinski definition) is 2. The molecule has 1 atom stereocenters. The Hall–Kier alpha value is -0.0800. The van der Waals surface area contributed by atoms with Crippen molar-refractivity contribution in [1.82, 2.24) is 5.32 Å². The molecule has 1 heterocycles. The van der Waals surface area contributed by atoms with Gasteiger partial charge in [0.15, 0.2) is 0 Å². The van der Waals surface area contributed by atoms with Crippen LogP contribution in [0.2, 0.25) is 0 Å². The lowest BCUT2D eigenvalue weighted by atomic mass is 9.98. The molecule has 1 saturated heterocycles. The molecule has 1 N–H and O–H groups in total. The quantitative estimate of drug-likeness (QED) is 0.734. The largest absolute Gasteiger partial charge is 0.357 e. The van der Waals surface area contributed by atoms with E-state index in [-0.39, 0.29) is 5.72 Å². The normalized spacial score (nSPS) is 26.4. The molecule has 0 bridgehead atoms. The molecule has 0 aliphatic carbocycles. The second kappa shape index (κ2) is 5.72. The summed E-state index contributed by atoms with van der Waals surface area (Å²) in [6, 6.07) is 0. The third-order valence-corrected chi connectivity index (χ3v) is 3.07. The molecule has 0 spiro atoms. The molecule has 2 heteroatoms. The lowest BCUT2D eigenvalue weighted by Gasteiger charge is -2.42. The molecule has 1 aliphatic heterocycles. The van der Waals surface area contributed by atoms with Crippen molar-refractivity contribution in [2.75, 3.05) is 6.54 Å². The van der Waals surface area contributed by atoms with Crippen LogP contribution in [-0.2, 0) is 4.74 Å². The Balaban J connectivity index is 2.55. The lowest BCUT2D eigenvalue weighted by Crippen LogP contribution is -2.54. The maximum atomic E-state index is 6.19. The second-order valence-corrected chi connectivity index (χ2v) is 4.36. The minimum absolute atomic E-state index is 0.00241. The summed E-state index contributed by atoms with van der Waals surface area (Å²) in [5.41, 5.74) is 0.00241. The van der Waals surface area contributed by atoms with Gasteiger partial charge in [-0.3, -0.25) is 5.32 Å². The minimum atomic E-state index is 0.00241. The maximum Gasteiger partial charge on any atom is 0.119 e. The fourth-order valence-electron chi connectivity index (χ4n) is 2.40. The molecular formula is C12H25NO. The predicted octanol–water partition coefficient (Wildman–Crippen LogP) is 3.07. The summed E-state index contributed by atoms with van der Waals surface area (Å²) >= 11 is 0. The van der Waals surface area contributed by atoms with Crippen LogP contribution < -0.4 is 5.32 Å². The van der Waals surface area contributed by atoms with Crippen molar-refractivity contribution in [3.8, 4) is 0 Å². The standard InChI is InChI=1S/C12H25NO/c1-4-8-12(9-5-2)13-10-7-11(6-3)14-12/h11,13H,4-10H2,1-3H3. The van der Waals surface area contributed by atoms with E-state index in [9.17, 15) is 0 Å². The molecule has 1 aliphatic rings. The van der Waals surface area contributed by atoms with Crippen molar-refractivity contribution in [3.05, 3.63) is 0 Å². The van der Waals surface area contributed by atoms with Crippen LogP contribution in [-0.4, -0.2) is 18.4 Å². The molecule has 0 amide bonds. The third kappa shape index (κ3) is 2.96. The molecule has 1 fully saturated rings. The van der Waals surface area contributed by atoms with Crippen molar-refractivity contribution >= 4 is 0 Å². The summed E-state index contributed by atoms with van der Waals surface area (Å²) in [5.74, 6) is 0. The van der Waals surface area contributed by atoms with Crippen LogP contribution in [0.25, 0.3) is 0 Å². The maximum absolute atomic E-state index is 6.19. The van der Waals surface area contributed by atoms with Gasteiger partial charge in [-0.1, -0.05) is 33.6 Å². The molecule has 0 radical (unpaired) electrons. The summed E-state index contributed by atoms with van der Waals surface area (Å²) in [6.45, 7) is 7.81. The summed E-state index contributed by atoms with van der Waals surface area (Å²) in [7, 11) is 0. The average Bonchev–Trinajstić information content (AvgIpc) is 2.19. The van der Waals surface area contributed by atoms with Gasteiger partial charge in [0, 0.05) is 6.54 Å². The van der Waals surface area contributed by atoms with Crippen molar-refractivity contribution in [2.45, 2.75) is 71.1 Å². The number of rotatable bonds is 5. The lowest BCUT2D eigenvalue weighted by molar-refractivity contribution is -0.152. The van der Waals surface area contributed by atoms with Crippen LogP contribution in [0.3, 0.4) is 0 Å². The monoisotopic (exact) mass is 199 g/mol. The van der Waals surface area contributed by atoms with Gasteiger partial charge in [0.25, 0.3) is 0 Å². The van der Waals surface area contributed by atoms with Crippen LogP contribution in [0.4, 0.5) is 0 Å². The highest BCUT2D eigenvalue weighted by Crippen LogP contribution is 2.28. The topological polar surface area (TPSA) is 21.3 Å². The first kappa shape index (κ1) is 12.0. The molecule has 1 rings (SSSR count). The van der Waals surface area contributed by atoms with Gasteiger partial charge in [-0.05, 0) is 25.7 Å². The Morgan fingerprint density at radius 2 is 1.86 bits per heavy atom. The zero-order valence-corrected chi connectivity index (χ0v) is 9.94. The SMILES string of the molecule is CCCC1(CCC)NCCC(CC)O1. The van der Waals surface area contributed by atoms with E-state index in [2.05, 4.69) is 26.1 Å². The Kier molecular flexibility index (Phi) is 4.90. The fourth-order valence-corrected chi connectivity index (χ4v) is 2.40. The van der Waals surface area contributed by atoms with Gasteiger partial charge in [0.05, 0.1) is 6.10 Å². The van der Waals surface area contributed by atoms with E-state index in [0.717, 1.165) is 25.8 Å². The zero-order valence-electron chi connectivity index (χ0n) is 9.94. The first-order chi connectivity index (χ1) is 6.76. The summed E-state index contributed by atoms with van der Waals surface area (Å²) < 4.78 is 6.19. The van der Waals surface area contributed by atoms with Crippen molar-refractivity contribution in [1.29, 1.82) is 0 Å². The highest BCUT2D eigenvalue weighted by Gasteiger charge is 2.34. The van der Waals surface area contributed by atoms with Crippen molar-refractivity contribution in [2.24, 2.45) is 0 Å².